The van der Waals surface area contributed by atoms with E-state index in [0.29, 0.717) is 0 Å². The molecular weight excluding hydrogens is 142 g/mol. The summed E-state index contributed by atoms with van der Waals surface area (Å²) in [6.45, 7) is 0. The number of thiocarbonyl (C=S) groups is 1. The summed E-state index contributed by atoms with van der Waals surface area (Å²) in [6, 6.07) is -0.579. The number of amides is 2. The molecule has 0 unspecified atom stereocenters. The van der Waals surface area contributed by atoms with E-state index < -0.39 is 6.03 Å². The summed E-state index contributed by atoms with van der Waals surface area (Å²) in [4.78, 5) is 14.6. The van der Waals surface area contributed by atoms with Crippen LogP contribution in [0.15, 0.2) is 0 Å². The van der Waals surface area contributed by atoms with Gasteiger partial charge in [0.15, 0.2) is 5.11 Å². The highest BCUT2D eigenvalue weighted by Gasteiger charge is 1.96. The van der Waals surface area contributed by atoms with Crippen molar-refractivity contribution >= 4 is 23.4 Å². The molecule has 52 valence electrons. The fraction of sp³-hybridized carbons (Fsp3) is 0.333. The van der Waals surface area contributed by atoms with Gasteiger partial charge in [0.2, 0.25) is 0 Å². The molecule has 5 nitrogen and oxygen atoms in total. The number of hydrogen-bond donors (Lipinski definition) is 3. The second kappa shape index (κ2) is 4.04. The van der Waals surface area contributed by atoms with Crippen molar-refractivity contribution < 1.29 is 9.63 Å². The lowest BCUT2D eigenvalue weighted by Gasteiger charge is -2.00. The highest BCUT2D eigenvalue weighted by atomic mass is 32.1. The standard InChI is InChI=1S/C3H7N3O2S/c1-8-6-3(7)5-2(4)9/h1H3,(H4,4,5,6,7,9). The van der Waals surface area contributed by atoms with Gasteiger partial charge in [-0.25, -0.2) is 10.3 Å². The Morgan fingerprint density at radius 3 is 2.67 bits per heavy atom. The number of hydrogen-bond acceptors (Lipinski definition) is 3. The van der Waals surface area contributed by atoms with Gasteiger partial charge in [0.25, 0.3) is 0 Å². The number of nitrogens with two attached hydrogens (primary N) is 1. The quantitative estimate of drug-likeness (QED) is 0.333. The van der Waals surface area contributed by atoms with E-state index in [-0.39, 0.29) is 5.11 Å². The van der Waals surface area contributed by atoms with Crippen LogP contribution in [0.4, 0.5) is 4.79 Å². The fourth-order valence-electron chi connectivity index (χ4n) is 0.230. The monoisotopic (exact) mass is 149 g/mol. The number of hydroxylamine groups is 1. The van der Waals surface area contributed by atoms with Crippen LogP contribution in [-0.2, 0) is 4.84 Å². The van der Waals surface area contributed by atoms with Crippen molar-refractivity contribution in [2.45, 2.75) is 0 Å². The Morgan fingerprint density at radius 1 is 1.78 bits per heavy atom. The molecule has 0 fully saturated rings. The highest BCUT2D eigenvalue weighted by molar-refractivity contribution is 7.80. The normalized spacial score (nSPS) is 8.11. The molecule has 0 aromatic heterocycles. The van der Waals surface area contributed by atoms with Crippen molar-refractivity contribution in [3.63, 3.8) is 0 Å². The van der Waals surface area contributed by atoms with Gasteiger partial charge in [-0.1, -0.05) is 0 Å². The van der Waals surface area contributed by atoms with Crippen molar-refractivity contribution in [2.24, 2.45) is 5.73 Å². The first-order chi connectivity index (χ1) is 4.16. The van der Waals surface area contributed by atoms with E-state index in [1.165, 1.54) is 7.11 Å². The van der Waals surface area contributed by atoms with Gasteiger partial charge >= 0.3 is 6.03 Å². The first-order valence-electron chi connectivity index (χ1n) is 2.06. The SMILES string of the molecule is CONC(=O)NC(N)=S. The molecule has 0 radical (unpaired) electrons. The van der Waals surface area contributed by atoms with Crippen molar-refractivity contribution in [1.82, 2.24) is 10.8 Å². The minimum absolute atomic E-state index is 0.0930. The molecular formula is C3H7N3O2S. The third-order valence-corrected chi connectivity index (χ3v) is 0.534. The molecule has 9 heavy (non-hydrogen) atoms. The molecule has 0 spiro atoms. The Balaban J connectivity index is 3.39. The van der Waals surface area contributed by atoms with E-state index in [1.807, 2.05) is 5.48 Å². The van der Waals surface area contributed by atoms with Gasteiger partial charge in [-0.15, -0.1) is 0 Å². The van der Waals surface area contributed by atoms with E-state index >= 15 is 0 Å². The molecule has 6 heteroatoms. The molecule has 0 aliphatic rings. The fourth-order valence-corrected chi connectivity index (χ4v) is 0.323. The summed E-state index contributed by atoms with van der Waals surface area (Å²) in [5.74, 6) is 0. The second-order valence-corrected chi connectivity index (χ2v) is 1.56. The van der Waals surface area contributed by atoms with Crippen LogP contribution in [0, 0.1) is 0 Å². The molecule has 0 rings (SSSR count). The summed E-state index contributed by atoms with van der Waals surface area (Å²) in [5, 5.41) is 1.98. The van der Waals surface area contributed by atoms with Crippen LogP contribution in [-0.4, -0.2) is 18.3 Å². The highest BCUT2D eigenvalue weighted by Crippen LogP contribution is 1.62. The Hall–Kier alpha value is -0.880. The average molecular weight is 149 g/mol. The van der Waals surface area contributed by atoms with Crippen molar-refractivity contribution in [3.05, 3.63) is 0 Å². The Labute approximate surface area is 57.5 Å². The Kier molecular flexibility index (Phi) is 3.65. The zero-order chi connectivity index (χ0) is 7.28. The molecule has 0 atom stereocenters. The van der Waals surface area contributed by atoms with Gasteiger partial charge in [0.05, 0.1) is 7.11 Å². The Morgan fingerprint density at radius 2 is 2.33 bits per heavy atom. The summed E-state index contributed by atoms with van der Waals surface area (Å²) in [6.07, 6.45) is 0. The zero-order valence-electron chi connectivity index (χ0n) is 4.80. The van der Waals surface area contributed by atoms with Gasteiger partial charge in [0.1, 0.15) is 0 Å². The molecule has 0 saturated heterocycles. The van der Waals surface area contributed by atoms with E-state index in [2.05, 4.69) is 22.4 Å². The maximum Gasteiger partial charge on any atom is 0.344 e. The molecule has 2 amide bonds. The Bertz CT molecular complexity index is 126. The number of carbonyl (C=O) groups excluding carboxylic acids is 1. The third-order valence-electron chi connectivity index (χ3n) is 0.431. The summed E-state index contributed by atoms with van der Waals surface area (Å²) < 4.78 is 0. The lowest BCUT2D eigenvalue weighted by atomic mass is 11.0. The van der Waals surface area contributed by atoms with Gasteiger partial charge in [-0.2, -0.15) is 0 Å². The molecule has 0 heterocycles. The molecule has 4 N–H and O–H groups in total. The van der Waals surface area contributed by atoms with Crippen LogP contribution in [0.1, 0.15) is 0 Å². The average Bonchev–Trinajstić information content (AvgIpc) is 1.63. The first kappa shape index (κ1) is 8.12. The minimum atomic E-state index is -0.579. The lowest BCUT2D eigenvalue weighted by molar-refractivity contribution is 0.110. The summed E-state index contributed by atoms with van der Waals surface area (Å²) in [5.41, 5.74) is 6.89. The molecule has 0 aliphatic carbocycles. The van der Waals surface area contributed by atoms with Crippen molar-refractivity contribution in [2.75, 3.05) is 7.11 Å². The predicted octanol–water partition coefficient (Wildman–Crippen LogP) is -0.909. The lowest BCUT2D eigenvalue weighted by Crippen LogP contribution is -2.41. The van der Waals surface area contributed by atoms with E-state index in [9.17, 15) is 4.79 Å². The van der Waals surface area contributed by atoms with Crippen LogP contribution in [0.3, 0.4) is 0 Å². The van der Waals surface area contributed by atoms with Crippen molar-refractivity contribution in [1.29, 1.82) is 0 Å². The number of rotatable bonds is 1. The molecule has 0 aromatic carbocycles. The molecule has 0 aliphatic heterocycles. The van der Waals surface area contributed by atoms with Crippen LogP contribution >= 0.6 is 12.2 Å². The van der Waals surface area contributed by atoms with Gasteiger partial charge < -0.3 is 5.73 Å². The summed E-state index contributed by atoms with van der Waals surface area (Å²) in [7, 11) is 1.30. The smallest absolute Gasteiger partial charge is 0.344 e. The van der Waals surface area contributed by atoms with E-state index in [4.69, 9.17) is 5.73 Å². The zero-order valence-corrected chi connectivity index (χ0v) is 5.62. The maximum atomic E-state index is 10.3. The molecule has 0 aromatic rings. The topological polar surface area (TPSA) is 76.4 Å². The molecule has 0 saturated carbocycles. The van der Waals surface area contributed by atoms with Gasteiger partial charge in [-0.3, -0.25) is 10.2 Å². The van der Waals surface area contributed by atoms with Crippen LogP contribution < -0.4 is 16.5 Å². The largest absolute Gasteiger partial charge is 0.376 e. The first-order valence-corrected chi connectivity index (χ1v) is 2.47. The van der Waals surface area contributed by atoms with E-state index in [0.717, 1.165) is 0 Å². The minimum Gasteiger partial charge on any atom is -0.376 e. The molecule has 0 bridgehead atoms. The van der Waals surface area contributed by atoms with Gasteiger partial charge in [-0.05, 0) is 12.2 Å². The number of nitrogens with one attached hydrogen (secondary N) is 2. The van der Waals surface area contributed by atoms with Crippen LogP contribution in [0.2, 0.25) is 0 Å². The van der Waals surface area contributed by atoms with Gasteiger partial charge in [0, 0.05) is 0 Å². The second-order valence-electron chi connectivity index (χ2n) is 1.12. The summed E-state index contributed by atoms with van der Waals surface area (Å²) >= 11 is 4.34. The van der Waals surface area contributed by atoms with Crippen LogP contribution in [0.5, 0.6) is 0 Å². The van der Waals surface area contributed by atoms with Crippen LogP contribution in [0.25, 0.3) is 0 Å². The van der Waals surface area contributed by atoms with Crippen molar-refractivity contribution in [3.8, 4) is 0 Å². The maximum absolute atomic E-state index is 10.3. The predicted molar refractivity (Wildman–Crippen MR) is 35.5 cm³/mol. The number of carbonyl (C=O) groups is 1. The number of urea groups is 1. The third kappa shape index (κ3) is 4.98. The van der Waals surface area contributed by atoms with E-state index in [1.54, 1.807) is 0 Å².